The lowest BCUT2D eigenvalue weighted by molar-refractivity contribution is -0.143. The maximum atomic E-state index is 11.0. The lowest BCUT2D eigenvalue weighted by atomic mass is 9.97. The molecule has 0 radical (unpaired) electrons. The molecule has 17 heavy (non-hydrogen) atoms. The molecule has 0 saturated carbocycles. The maximum absolute atomic E-state index is 11.0. The zero-order valence-corrected chi connectivity index (χ0v) is 11.0. The van der Waals surface area contributed by atoms with Crippen molar-refractivity contribution in [3.8, 4) is 0 Å². The van der Waals surface area contributed by atoms with Crippen LogP contribution < -0.4 is 5.73 Å². The van der Waals surface area contributed by atoms with Gasteiger partial charge in [-0.3, -0.25) is 4.79 Å². The van der Waals surface area contributed by atoms with Crippen LogP contribution in [0.25, 0.3) is 0 Å². The van der Waals surface area contributed by atoms with Crippen molar-refractivity contribution in [1.82, 2.24) is 0 Å². The number of hydrogen-bond donors (Lipinski definition) is 1. The molecule has 0 aliphatic rings. The Morgan fingerprint density at radius 1 is 1.47 bits per heavy atom. The summed E-state index contributed by atoms with van der Waals surface area (Å²) in [6.07, 6.45) is 1.04. The highest BCUT2D eigenvalue weighted by molar-refractivity contribution is 6.30. The van der Waals surface area contributed by atoms with E-state index in [4.69, 9.17) is 22.1 Å². The van der Waals surface area contributed by atoms with Gasteiger partial charge in [-0.1, -0.05) is 31.5 Å². The second kappa shape index (κ2) is 6.62. The third-order valence-corrected chi connectivity index (χ3v) is 2.95. The normalized spacial score (nSPS) is 12.2. The largest absolute Gasteiger partial charge is 0.460 e. The lowest BCUT2D eigenvalue weighted by Gasteiger charge is -2.12. The lowest BCUT2D eigenvalue weighted by Crippen LogP contribution is -2.16. The zero-order valence-electron chi connectivity index (χ0n) is 10.2. The van der Waals surface area contributed by atoms with Crippen LogP contribution in [-0.4, -0.2) is 12.5 Å². The van der Waals surface area contributed by atoms with Gasteiger partial charge in [0, 0.05) is 5.02 Å². The summed E-state index contributed by atoms with van der Waals surface area (Å²) in [5, 5.41) is 0.668. The van der Waals surface area contributed by atoms with Crippen LogP contribution in [0, 0.1) is 0 Å². The molecule has 1 aromatic rings. The highest BCUT2D eigenvalue weighted by Gasteiger charge is 2.07. The topological polar surface area (TPSA) is 52.3 Å². The maximum Gasteiger partial charge on any atom is 0.320 e. The first-order valence-corrected chi connectivity index (χ1v) is 6.09. The van der Waals surface area contributed by atoms with Gasteiger partial charge in [0.25, 0.3) is 0 Å². The third-order valence-electron chi connectivity index (χ3n) is 2.73. The monoisotopic (exact) mass is 255 g/mol. The molecular weight excluding hydrogens is 238 g/mol. The SMILES string of the molecule is CC[C@H](C)c1cc(Cl)cc(COC(=O)CN)c1. The molecule has 1 aromatic carbocycles. The van der Waals surface area contributed by atoms with Crippen molar-refractivity contribution in [3.05, 3.63) is 34.3 Å². The zero-order chi connectivity index (χ0) is 12.8. The molecule has 94 valence electrons. The van der Waals surface area contributed by atoms with Crippen LogP contribution in [0.2, 0.25) is 5.02 Å². The molecule has 1 atom stereocenters. The Balaban J connectivity index is 2.78. The molecular formula is C13H18ClNO2. The second-order valence-corrected chi connectivity index (χ2v) is 4.50. The van der Waals surface area contributed by atoms with Crippen molar-refractivity contribution < 1.29 is 9.53 Å². The summed E-state index contributed by atoms with van der Waals surface area (Å²) in [6.45, 7) is 4.39. The van der Waals surface area contributed by atoms with Crippen LogP contribution in [0.15, 0.2) is 18.2 Å². The summed E-state index contributed by atoms with van der Waals surface area (Å²) in [6, 6.07) is 5.77. The highest BCUT2D eigenvalue weighted by Crippen LogP contribution is 2.24. The van der Waals surface area contributed by atoms with Gasteiger partial charge in [0.15, 0.2) is 0 Å². The predicted molar refractivity (Wildman–Crippen MR) is 69.0 cm³/mol. The molecule has 0 fully saturated rings. The molecule has 0 aliphatic carbocycles. The third kappa shape index (κ3) is 4.36. The molecule has 0 aliphatic heterocycles. The predicted octanol–water partition coefficient (Wildman–Crippen LogP) is 2.86. The molecule has 2 N–H and O–H groups in total. The number of carbonyl (C=O) groups excluding carboxylic acids is 1. The summed E-state index contributed by atoms with van der Waals surface area (Å²) in [4.78, 5) is 11.0. The van der Waals surface area contributed by atoms with E-state index in [-0.39, 0.29) is 13.2 Å². The number of nitrogens with two attached hydrogens (primary N) is 1. The number of carbonyl (C=O) groups is 1. The Labute approximate surface area is 107 Å². The summed E-state index contributed by atoms with van der Waals surface area (Å²) in [5.41, 5.74) is 7.23. The quantitative estimate of drug-likeness (QED) is 0.823. The fraction of sp³-hybridized carbons (Fsp3) is 0.462. The Bertz CT molecular complexity index is 393. The Morgan fingerprint density at radius 3 is 2.76 bits per heavy atom. The number of rotatable bonds is 5. The highest BCUT2D eigenvalue weighted by atomic mass is 35.5. The summed E-state index contributed by atoms with van der Waals surface area (Å²) < 4.78 is 4.98. The standard InChI is InChI=1S/C13H18ClNO2/c1-3-9(2)11-4-10(5-12(14)6-11)8-17-13(16)7-15/h4-6,9H,3,7-8,15H2,1-2H3/t9-/m0/s1. The molecule has 4 heteroatoms. The average Bonchev–Trinajstić information content (AvgIpc) is 2.34. The number of halogens is 1. The fourth-order valence-electron chi connectivity index (χ4n) is 1.50. The van der Waals surface area contributed by atoms with Gasteiger partial charge in [-0.15, -0.1) is 0 Å². The van der Waals surface area contributed by atoms with E-state index in [0.29, 0.717) is 10.9 Å². The van der Waals surface area contributed by atoms with E-state index in [1.165, 1.54) is 5.56 Å². The summed E-state index contributed by atoms with van der Waals surface area (Å²) >= 11 is 6.04. The van der Waals surface area contributed by atoms with E-state index in [2.05, 4.69) is 13.8 Å². The van der Waals surface area contributed by atoms with Gasteiger partial charge in [-0.2, -0.15) is 0 Å². The molecule has 0 unspecified atom stereocenters. The van der Waals surface area contributed by atoms with E-state index in [1.54, 1.807) is 6.07 Å². The molecule has 0 bridgehead atoms. The van der Waals surface area contributed by atoms with Crippen LogP contribution in [0.3, 0.4) is 0 Å². The van der Waals surface area contributed by atoms with Crippen LogP contribution in [-0.2, 0) is 16.1 Å². The first-order valence-electron chi connectivity index (χ1n) is 5.71. The molecule has 0 saturated heterocycles. The van der Waals surface area contributed by atoms with Crippen molar-refractivity contribution in [2.75, 3.05) is 6.54 Å². The molecule has 0 heterocycles. The van der Waals surface area contributed by atoms with Gasteiger partial charge in [0.1, 0.15) is 6.61 Å². The van der Waals surface area contributed by atoms with E-state index < -0.39 is 5.97 Å². The van der Waals surface area contributed by atoms with Gasteiger partial charge in [-0.05, 0) is 35.6 Å². The molecule has 0 amide bonds. The summed E-state index contributed by atoms with van der Waals surface area (Å²) in [5.74, 6) is 0.0349. The van der Waals surface area contributed by atoms with E-state index in [0.717, 1.165) is 12.0 Å². The first-order chi connectivity index (χ1) is 8.06. The first kappa shape index (κ1) is 14.0. The van der Waals surface area contributed by atoms with Gasteiger partial charge < -0.3 is 10.5 Å². The Hall–Kier alpha value is -1.06. The van der Waals surface area contributed by atoms with Gasteiger partial charge in [-0.25, -0.2) is 0 Å². The smallest absolute Gasteiger partial charge is 0.320 e. The average molecular weight is 256 g/mol. The Morgan fingerprint density at radius 2 is 2.18 bits per heavy atom. The van der Waals surface area contributed by atoms with Gasteiger partial charge in [0.05, 0.1) is 6.54 Å². The van der Waals surface area contributed by atoms with Crippen LogP contribution in [0.5, 0.6) is 0 Å². The summed E-state index contributed by atoms with van der Waals surface area (Å²) in [7, 11) is 0. The molecule has 1 rings (SSSR count). The number of hydrogen-bond acceptors (Lipinski definition) is 3. The number of esters is 1. The van der Waals surface area contributed by atoms with Crippen LogP contribution in [0.4, 0.5) is 0 Å². The van der Waals surface area contributed by atoms with Gasteiger partial charge >= 0.3 is 5.97 Å². The number of benzene rings is 1. The Kier molecular flexibility index (Phi) is 5.45. The minimum absolute atomic E-state index is 0.0984. The van der Waals surface area contributed by atoms with Crippen molar-refractivity contribution in [3.63, 3.8) is 0 Å². The minimum atomic E-state index is -0.407. The molecule has 0 spiro atoms. The minimum Gasteiger partial charge on any atom is -0.460 e. The molecule has 3 nitrogen and oxygen atoms in total. The van der Waals surface area contributed by atoms with Crippen molar-refractivity contribution in [2.45, 2.75) is 32.8 Å². The van der Waals surface area contributed by atoms with Crippen LogP contribution >= 0.6 is 11.6 Å². The van der Waals surface area contributed by atoms with Crippen molar-refractivity contribution in [1.29, 1.82) is 0 Å². The second-order valence-electron chi connectivity index (χ2n) is 4.07. The van der Waals surface area contributed by atoms with Crippen LogP contribution in [0.1, 0.15) is 37.3 Å². The number of ether oxygens (including phenoxy) is 1. The van der Waals surface area contributed by atoms with Crippen molar-refractivity contribution >= 4 is 17.6 Å². The van der Waals surface area contributed by atoms with E-state index in [1.807, 2.05) is 12.1 Å². The van der Waals surface area contributed by atoms with Gasteiger partial charge in [0.2, 0.25) is 0 Å². The van der Waals surface area contributed by atoms with E-state index in [9.17, 15) is 4.79 Å². The fourth-order valence-corrected chi connectivity index (χ4v) is 1.77. The van der Waals surface area contributed by atoms with E-state index >= 15 is 0 Å². The van der Waals surface area contributed by atoms with Crippen molar-refractivity contribution in [2.24, 2.45) is 5.73 Å². The molecule has 0 aromatic heterocycles.